The summed E-state index contributed by atoms with van der Waals surface area (Å²) in [4.78, 5) is 21.2. The fourth-order valence-electron chi connectivity index (χ4n) is 2.76. The molecule has 0 aliphatic carbocycles. The zero-order valence-electron chi connectivity index (χ0n) is 15.5. The van der Waals surface area contributed by atoms with Crippen molar-refractivity contribution >= 4 is 5.91 Å². The summed E-state index contributed by atoms with van der Waals surface area (Å²) in [5, 5.41) is 0. The van der Waals surface area contributed by atoms with E-state index in [1.807, 2.05) is 67.2 Å². The molecular weight excluding hydrogens is 314 g/mol. The molecule has 0 saturated carbocycles. The molecule has 2 rings (SSSR count). The second-order valence-corrected chi connectivity index (χ2v) is 6.39. The SMILES string of the molecule is COCCN(Cc1cccnc1)C(=O)C(c1ccc(C)cc1)N(C)C. The average Bonchev–Trinajstić information content (AvgIpc) is 2.61. The van der Waals surface area contributed by atoms with E-state index < -0.39 is 0 Å². The van der Waals surface area contributed by atoms with E-state index in [0.717, 1.165) is 11.1 Å². The van der Waals surface area contributed by atoms with Gasteiger partial charge in [0, 0.05) is 32.6 Å². The Kier molecular flexibility index (Phi) is 7.10. The van der Waals surface area contributed by atoms with Crippen LogP contribution < -0.4 is 0 Å². The van der Waals surface area contributed by atoms with Crippen LogP contribution in [-0.2, 0) is 16.1 Å². The molecule has 25 heavy (non-hydrogen) atoms. The van der Waals surface area contributed by atoms with Crippen LogP contribution >= 0.6 is 0 Å². The third-order valence-corrected chi connectivity index (χ3v) is 4.12. The highest BCUT2D eigenvalue weighted by Gasteiger charge is 2.27. The highest BCUT2D eigenvalue weighted by Crippen LogP contribution is 2.22. The zero-order valence-corrected chi connectivity index (χ0v) is 15.5. The summed E-state index contributed by atoms with van der Waals surface area (Å²) in [6.45, 7) is 3.61. The number of carbonyl (C=O) groups excluding carboxylic acids is 1. The number of rotatable bonds is 8. The summed E-state index contributed by atoms with van der Waals surface area (Å²) < 4.78 is 5.20. The lowest BCUT2D eigenvalue weighted by molar-refractivity contribution is -0.137. The number of methoxy groups -OCH3 is 1. The number of hydrogen-bond acceptors (Lipinski definition) is 4. The standard InChI is InChI=1S/C20H27N3O2/c1-16-7-9-18(10-8-16)19(22(2)3)20(24)23(12-13-25-4)15-17-6-5-11-21-14-17/h5-11,14,19H,12-13,15H2,1-4H3. The van der Waals surface area contributed by atoms with Gasteiger partial charge in [0.2, 0.25) is 5.91 Å². The Bertz CT molecular complexity index is 656. The first-order chi connectivity index (χ1) is 12.0. The minimum absolute atomic E-state index is 0.0646. The number of amides is 1. The molecule has 0 aliphatic rings. The van der Waals surface area contributed by atoms with E-state index in [4.69, 9.17) is 4.74 Å². The van der Waals surface area contributed by atoms with Gasteiger partial charge >= 0.3 is 0 Å². The first-order valence-corrected chi connectivity index (χ1v) is 8.42. The second kappa shape index (κ2) is 9.30. The number of benzene rings is 1. The number of likely N-dealkylation sites (N-methyl/N-ethyl adjacent to an activating group) is 1. The quantitative estimate of drug-likeness (QED) is 0.740. The minimum atomic E-state index is -0.325. The Labute approximate surface area is 150 Å². The van der Waals surface area contributed by atoms with E-state index in [1.165, 1.54) is 5.56 Å². The molecule has 5 nitrogen and oxygen atoms in total. The molecule has 5 heteroatoms. The molecule has 1 aromatic carbocycles. The van der Waals surface area contributed by atoms with Crippen molar-refractivity contribution in [3.63, 3.8) is 0 Å². The van der Waals surface area contributed by atoms with Gasteiger partial charge in [-0.05, 0) is 38.2 Å². The Morgan fingerprint density at radius 1 is 1.20 bits per heavy atom. The van der Waals surface area contributed by atoms with Gasteiger partial charge in [0.15, 0.2) is 0 Å². The summed E-state index contributed by atoms with van der Waals surface area (Å²) in [6, 6.07) is 11.7. The summed E-state index contributed by atoms with van der Waals surface area (Å²) in [7, 11) is 5.51. The maximum atomic E-state index is 13.3. The molecule has 0 spiro atoms. The van der Waals surface area contributed by atoms with Crippen molar-refractivity contribution in [1.82, 2.24) is 14.8 Å². The van der Waals surface area contributed by atoms with Gasteiger partial charge in [-0.1, -0.05) is 35.9 Å². The van der Waals surface area contributed by atoms with Crippen molar-refractivity contribution in [2.24, 2.45) is 0 Å². The number of aryl methyl sites for hydroxylation is 1. The third-order valence-electron chi connectivity index (χ3n) is 4.12. The molecule has 2 aromatic rings. The van der Waals surface area contributed by atoms with Gasteiger partial charge in [-0.25, -0.2) is 0 Å². The highest BCUT2D eigenvalue weighted by molar-refractivity contribution is 5.83. The largest absolute Gasteiger partial charge is 0.383 e. The molecule has 0 saturated heterocycles. The number of aromatic nitrogens is 1. The molecule has 1 atom stereocenters. The fraction of sp³-hybridized carbons (Fsp3) is 0.400. The Morgan fingerprint density at radius 2 is 1.92 bits per heavy atom. The topological polar surface area (TPSA) is 45.7 Å². The molecule has 1 heterocycles. The number of pyridine rings is 1. The van der Waals surface area contributed by atoms with E-state index >= 15 is 0 Å². The average molecular weight is 341 g/mol. The first-order valence-electron chi connectivity index (χ1n) is 8.42. The van der Waals surface area contributed by atoms with E-state index in [1.54, 1.807) is 19.5 Å². The molecule has 0 N–H and O–H groups in total. The predicted molar refractivity (Wildman–Crippen MR) is 99.1 cm³/mol. The summed E-state index contributed by atoms with van der Waals surface area (Å²) >= 11 is 0. The van der Waals surface area contributed by atoms with Crippen molar-refractivity contribution in [2.75, 3.05) is 34.4 Å². The van der Waals surface area contributed by atoms with Crippen LogP contribution in [0.15, 0.2) is 48.8 Å². The normalized spacial score (nSPS) is 12.2. The molecule has 0 bridgehead atoms. The number of hydrogen-bond donors (Lipinski definition) is 0. The number of nitrogens with zero attached hydrogens (tertiary/aromatic N) is 3. The Hall–Kier alpha value is -2.24. The van der Waals surface area contributed by atoms with E-state index in [2.05, 4.69) is 4.98 Å². The lowest BCUT2D eigenvalue weighted by Crippen LogP contribution is -2.41. The van der Waals surface area contributed by atoms with Crippen molar-refractivity contribution in [3.05, 3.63) is 65.5 Å². The summed E-state index contributed by atoms with van der Waals surface area (Å²) in [5.74, 6) is 0.0646. The molecule has 0 aliphatic heterocycles. The van der Waals surface area contributed by atoms with Crippen LogP contribution in [0.5, 0.6) is 0 Å². The van der Waals surface area contributed by atoms with E-state index in [9.17, 15) is 4.79 Å². The lowest BCUT2D eigenvalue weighted by Gasteiger charge is -2.31. The predicted octanol–water partition coefficient (Wildman–Crippen LogP) is 2.67. The Morgan fingerprint density at radius 3 is 2.48 bits per heavy atom. The second-order valence-electron chi connectivity index (χ2n) is 6.39. The van der Waals surface area contributed by atoms with Gasteiger partial charge in [0.1, 0.15) is 6.04 Å². The van der Waals surface area contributed by atoms with Gasteiger partial charge < -0.3 is 9.64 Å². The molecule has 1 amide bonds. The van der Waals surface area contributed by atoms with Crippen LogP contribution in [0, 0.1) is 6.92 Å². The molecule has 1 aromatic heterocycles. The van der Waals surface area contributed by atoms with E-state index in [-0.39, 0.29) is 11.9 Å². The minimum Gasteiger partial charge on any atom is -0.383 e. The maximum Gasteiger partial charge on any atom is 0.244 e. The monoisotopic (exact) mass is 341 g/mol. The van der Waals surface area contributed by atoms with Crippen LogP contribution in [0.4, 0.5) is 0 Å². The third kappa shape index (κ3) is 5.37. The van der Waals surface area contributed by atoms with Crippen LogP contribution in [0.2, 0.25) is 0 Å². The van der Waals surface area contributed by atoms with Crippen LogP contribution in [0.25, 0.3) is 0 Å². The van der Waals surface area contributed by atoms with Crippen molar-refractivity contribution < 1.29 is 9.53 Å². The van der Waals surface area contributed by atoms with Crippen molar-refractivity contribution in [2.45, 2.75) is 19.5 Å². The summed E-state index contributed by atoms with van der Waals surface area (Å²) in [5.41, 5.74) is 3.18. The zero-order chi connectivity index (χ0) is 18.2. The van der Waals surface area contributed by atoms with Crippen molar-refractivity contribution in [1.29, 1.82) is 0 Å². The van der Waals surface area contributed by atoms with Crippen LogP contribution in [0.3, 0.4) is 0 Å². The number of ether oxygens (including phenoxy) is 1. The highest BCUT2D eigenvalue weighted by atomic mass is 16.5. The first kappa shape index (κ1) is 19.1. The molecule has 0 radical (unpaired) electrons. The molecule has 0 fully saturated rings. The molecule has 1 unspecified atom stereocenters. The summed E-state index contributed by atoms with van der Waals surface area (Å²) in [6.07, 6.45) is 3.53. The molecule has 134 valence electrons. The Balaban J connectivity index is 2.25. The smallest absolute Gasteiger partial charge is 0.244 e. The van der Waals surface area contributed by atoms with Crippen molar-refractivity contribution in [3.8, 4) is 0 Å². The molecular formula is C20H27N3O2. The van der Waals surface area contributed by atoms with Gasteiger partial charge in [-0.2, -0.15) is 0 Å². The number of carbonyl (C=O) groups is 1. The van der Waals surface area contributed by atoms with Crippen LogP contribution in [-0.4, -0.2) is 55.0 Å². The van der Waals surface area contributed by atoms with Gasteiger partial charge in [-0.3, -0.25) is 14.7 Å². The van der Waals surface area contributed by atoms with Gasteiger partial charge in [0.05, 0.1) is 6.61 Å². The van der Waals surface area contributed by atoms with Gasteiger partial charge in [-0.15, -0.1) is 0 Å². The lowest BCUT2D eigenvalue weighted by atomic mass is 10.0. The fourth-order valence-corrected chi connectivity index (χ4v) is 2.76. The maximum absolute atomic E-state index is 13.3. The van der Waals surface area contributed by atoms with E-state index in [0.29, 0.717) is 19.7 Å². The van der Waals surface area contributed by atoms with Crippen LogP contribution in [0.1, 0.15) is 22.7 Å². The van der Waals surface area contributed by atoms with Gasteiger partial charge in [0.25, 0.3) is 0 Å².